The minimum absolute atomic E-state index is 0.0786. The Bertz CT molecular complexity index is 1260. The summed E-state index contributed by atoms with van der Waals surface area (Å²) in [7, 11) is 1.24. The summed E-state index contributed by atoms with van der Waals surface area (Å²) in [6.45, 7) is -0.302. The molecule has 39 heavy (non-hydrogen) atoms. The number of hydrogen-bond donors (Lipinski definition) is 0. The molecule has 2 aliphatic rings. The van der Waals surface area contributed by atoms with Gasteiger partial charge in [0.1, 0.15) is 17.0 Å². The SMILES string of the molecule is COC(=O)COc1cc(N(Cc2ccc(Cl)nc2)C(=O)C2=C(C(=O)OC3CCCC3)CCCC2)c(Cl)cc1Cl. The minimum atomic E-state index is -0.597. The molecule has 2 aromatic rings. The Morgan fingerprint density at radius 2 is 1.69 bits per heavy atom. The van der Waals surface area contributed by atoms with Gasteiger partial charge in [0.25, 0.3) is 5.91 Å². The first-order valence-electron chi connectivity index (χ1n) is 12.8. The molecule has 208 valence electrons. The average Bonchev–Trinajstić information content (AvgIpc) is 3.45. The van der Waals surface area contributed by atoms with E-state index in [0.29, 0.717) is 40.4 Å². The van der Waals surface area contributed by atoms with Crippen molar-refractivity contribution in [2.45, 2.75) is 64.0 Å². The van der Waals surface area contributed by atoms with Gasteiger partial charge < -0.3 is 19.1 Å². The molecule has 0 radical (unpaired) electrons. The van der Waals surface area contributed by atoms with Crippen molar-refractivity contribution >= 4 is 58.3 Å². The number of aromatic nitrogens is 1. The third-order valence-electron chi connectivity index (χ3n) is 6.79. The van der Waals surface area contributed by atoms with Crippen LogP contribution >= 0.6 is 34.8 Å². The number of amides is 1. The molecule has 0 aliphatic heterocycles. The number of ether oxygens (including phenoxy) is 3. The highest BCUT2D eigenvalue weighted by Gasteiger charge is 2.32. The highest BCUT2D eigenvalue weighted by molar-refractivity contribution is 6.37. The van der Waals surface area contributed by atoms with Gasteiger partial charge >= 0.3 is 11.9 Å². The van der Waals surface area contributed by atoms with Gasteiger partial charge in [-0.25, -0.2) is 14.6 Å². The summed E-state index contributed by atoms with van der Waals surface area (Å²) in [4.78, 5) is 44.6. The number of hydrogen-bond acceptors (Lipinski definition) is 7. The van der Waals surface area contributed by atoms with E-state index in [0.717, 1.165) is 38.5 Å². The fourth-order valence-electron chi connectivity index (χ4n) is 4.74. The molecule has 11 heteroatoms. The number of anilines is 1. The van der Waals surface area contributed by atoms with Gasteiger partial charge in [-0.15, -0.1) is 0 Å². The predicted molar refractivity (Wildman–Crippen MR) is 148 cm³/mol. The first-order valence-corrected chi connectivity index (χ1v) is 13.9. The summed E-state index contributed by atoms with van der Waals surface area (Å²) < 4.78 is 15.9. The molecule has 1 heterocycles. The second-order valence-corrected chi connectivity index (χ2v) is 10.7. The lowest BCUT2D eigenvalue weighted by Crippen LogP contribution is -2.34. The van der Waals surface area contributed by atoms with Crippen LogP contribution in [-0.2, 0) is 30.4 Å². The van der Waals surface area contributed by atoms with Crippen LogP contribution in [0.3, 0.4) is 0 Å². The summed E-state index contributed by atoms with van der Waals surface area (Å²) in [6, 6.07) is 6.31. The fraction of sp³-hybridized carbons (Fsp3) is 0.429. The second-order valence-electron chi connectivity index (χ2n) is 9.46. The quantitative estimate of drug-likeness (QED) is 0.242. The predicted octanol–water partition coefficient (Wildman–Crippen LogP) is 6.48. The Morgan fingerprint density at radius 3 is 2.36 bits per heavy atom. The molecule has 0 atom stereocenters. The van der Waals surface area contributed by atoms with Crippen LogP contribution in [0, 0.1) is 0 Å². The molecule has 8 nitrogen and oxygen atoms in total. The molecule has 0 bridgehead atoms. The summed E-state index contributed by atoms with van der Waals surface area (Å²) >= 11 is 18.9. The van der Waals surface area contributed by atoms with E-state index in [2.05, 4.69) is 9.72 Å². The molecular formula is C28H29Cl3N2O6. The monoisotopic (exact) mass is 594 g/mol. The van der Waals surface area contributed by atoms with E-state index < -0.39 is 11.9 Å². The van der Waals surface area contributed by atoms with Crippen LogP contribution in [0.1, 0.15) is 56.9 Å². The van der Waals surface area contributed by atoms with Gasteiger partial charge in [-0.3, -0.25) is 4.79 Å². The fourth-order valence-corrected chi connectivity index (χ4v) is 5.39. The topological polar surface area (TPSA) is 95.0 Å². The Balaban J connectivity index is 1.73. The van der Waals surface area contributed by atoms with Gasteiger partial charge in [0, 0.05) is 23.4 Å². The third-order valence-corrected chi connectivity index (χ3v) is 7.61. The molecule has 1 saturated carbocycles. The summed E-state index contributed by atoms with van der Waals surface area (Å²) in [6.07, 6.45) is 7.64. The first-order chi connectivity index (χ1) is 18.8. The van der Waals surface area contributed by atoms with Crippen LogP contribution in [0.2, 0.25) is 15.2 Å². The lowest BCUT2D eigenvalue weighted by molar-refractivity contribution is -0.144. The molecule has 0 unspecified atom stereocenters. The number of esters is 2. The standard InChI is InChI=1S/C28H29Cl3N2O6/c1-37-26(34)16-38-24-13-23(21(29)12-22(24)30)33(15-17-10-11-25(31)32-14-17)27(35)19-8-4-5-9-20(19)28(36)39-18-6-2-3-7-18/h10-14,18H,2-9,15-16H2,1H3. The number of methoxy groups -OCH3 is 1. The van der Waals surface area contributed by atoms with Crippen molar-refractivity contribution in [1.29, 1.82) is 0 Å². The molecule has 1 fully saturated rings. The lowest BCUT2D eigenvalue weighted by Gasteiger charge is -2.28. The second kappa shape index (κ2) is 13.5. The van der Waals surface area contributed by atoms with E-state index in [1.807, 2.05) is 0 Å². The first kappa shape index (κ1) is 29.2. The normalized spacial score (nSPS) is 15.7. The van der Waals surface area contributed by atoms with E-state index in [-0.39, 0.29) is 41.0 Å². The Hall–Kier alpha value is -2.81. The Kier molecular flexibility index (Phi) is 10.1. The molecule has 0 spiro atoms. The Labute approximate surface area is 242 Å². The van der Waals surface area contributed by atoms with Gasteiger partial charge in [-0.05, 0) is 69.1 Å². The summed E-state index contributed by atoms with van der Waals surface area (Å²) in [5.74, 6) is -1.26. The van der Waals surface area contributed by atoms with Crippen molar-refractivity contribution in [2.24, 2.45) is 0 Å². The van der Waals surface area contributed by atoms with E-state index in [4.69, 9.17) is 44.3 Å². The molecule has 0 saturated heterocycles. The highest BCUT2D eigenvalue weighted by Crippen LogP contribution is 2.39. The van der Waals surface area contributed by atoms with Crippen molar-refractivity contribution in [3.8, 4) is 5.75 Å². The highest BCUT2D eigenvalue weighted by atomic mass is 35.5. The molecule has 1 amide bonds. The van der Waals surface area contributed by atoms with E-state index in [1.54, 1.807) is 18.3 Å². The van der Waals surface area contributed by atoms with Gasteiger partial charge in [0.05, 0.1) is 29.4 Å². The Morgan fingerprint density at radius 1 is 0.974 bits per heavy atom. The summed E-state index contributed by atoms with van der Waals surface area (Å²) in [5, 5.41) is 0.657. The molecule has 1 aromatic carbocycles. The smallest absolute Gasteiger partial charge is 0.343 e. The maximum absolute atomic E-state index is 14.2. The molecule has 2 aliphatic carbocycles. The van der Waals surface area contributed by atoms with Crippen molar-refractivity contribution in [3.05, 3.63) is 62.4 Å². The molecule has 4 rings (SSSR count). The van der Waals surface area contributed by atoms with Gasteiger partial charge in [-0.2, -0.15) is 0 Å². The van der Waals surface area contributed by atoms with Crippen LogP contribution in [-0.4, -0.2) is 42.7 Å². The van der Waals surface area contributed by atoms with Crippen molar-refractivity contribution in [1.82, 2.24) is 4.98 Å². The number of carbonyl (C=O) groups is 3. The number of pyridine rings is 1. The van der Waals surface area contributed by atoms with Gasteiger partial charge in [-0.1, -0.05) is 40.9 Å². The molecule has 1 aromatic heterocycles. The van der Waals surface area contributed by atoms with Crippen molar-refractivity contribution in [2.75, 3.05) is 18.6 Å². The van der Waals surface area contributed by atoms with Gasteiger partial charge in [0.15, 0.2) is 6.61 Å². The zero-order valence-electron chi connectivity index (χ0n) is 21.5. The van der Waals surface area contributed by atoms with Crippen LogP contribution < -0.4 is 9.64 Å². The van der Waals surface area contributed by atoms with Gasteiger partial charge in [0.2, 0.25) is 0 Å². The molecule has 0 N–H and O–H groups in total. The van der Waals surface area contributed by atoms with Crippen LogP contribution in [0.4, 0.5) is 5.69 Å². The number of halogens is 3. The number of rotatable bonds is 9. The lowest BCUT2D eigenvalue weighted by atomic mass is 9.90. The van der Waals surface area contributed by atoms with E-state index in [9.17, 15) is 14.4 Å². The van der Waals surface area contributed by atoms with E-state index in [1.165, 1.54) is 24.1 Å². The van der Waals surface area contributed by atoms with Crippen LogP contribution in [0.5, 0.6) is 5.75 Å². The number of benzene rings is 1. The molecular weight excluding hydrogens is 567 g/mol. The van der Waals surface area contributed by atoms with Crippen LogP contribution in [0.25, 0.3) is 0 Å². The average molecular weight is 596 g/mol. The van der Waals surface area contributed by atoms with E-state index >= 15 is 0 Å². The zero-order chi connectivity index (χ0) is 27.9. The maximum Gasteiger partial charge on any atom is 0.343 e. The summed E-state index contributed by atoms with van der Waals surface area (Å²) in [5.41, 5.74) is 1.78. The zero-order valence-corrected chi connectivity index (χ0v) is 23.8. The van der Waals surface area contributed by atoms with Crippen molar-refractivity contribution < 1.29 is 28.6 Å². The maximum atomic E-state index is 14.2. The number of nitrogens with zero attached hydrogens (tertiary/aromatic N) is 2. The number of carbonyl (C=O) groups excluding carboxylic acids is 3. The minimum Gasteiger partial charge on any atom is -0.480 e. The largest absolute Gasteiger partial charge is 0.480 e. The third kappa shape index (κ3) is 7.44. The van der Waals surface area contributed by atoms with Crippen molar-refractivity contribution in [3.63, 3.8) is 0 Å². The van der Waals surface area contributed by atoms with Crippen LogP contribution in [0.15, 0.2) is 41.6 Å².